The maximum absolute atomic E-state index is 11.2. The molecule has 1 N–H and O–H groups in total. The Morgan fingerprint density at radius 3 is 1.96 bits per heavy atom. The van der Waals surface area contributed by atoms with Crippen molar-refractivity contribution in [3.8, 4) is 0 Å². The van der Waals surface area contributed by atoms with Gasteiger partial charge in [-0.05, 0) is 6.92 Å². The lowest BCUT2D eigenvalue weighted by molar-refractivity contribution is -0.140. The van der Waals surface area contributed by atoms with E-state index in [4.69, 9.17) is 4.74 Å². The van der Waals surface area contributed by atoms with E-state index in [1.54, 1.807) is 0 Å². The Morgan fingerprint density at radius 1 is 1.00 bits per heavy atom. The fraction of sp³-hybridized carbons (Fsp3) is 0.688. The van der Waals surface area contributed by atoms with Crippen LogP contribution in [0.15, 0.2) is 13.6 Å². The van der Waals surface area contributed by atoms with Crippen molar-refractivity contribution in [2.75, 3.05) is 13.2 Å². The van der Waals surface area contributed by atoms with Gasteiger partial charge in [-0.1, -0.05) is 41.5 Å². The minimum atomic E-state index is -0.846. The number of carbonyl (C=O) groups is 2. The number of rotatable bonds is 5. The average molecular weight is 349 g/mol. The molecule has 0 aliphatic rings. The summed E-state index contributed by atoms with van der Waals surface area (Å²) in [7, 11) is 0. The molecule has 0 fully saturated rings. The van der Waals surface area contributed by atoms with Crippen LogP contribution >= 0.6 is 0 Å². The molecule has 1 rings (SSSR count). The summed E-state index contributed by atoms with van der Waals surface area (Å²) in [6.07, 6.45) is -0.717. The summed E-state index contributed by atoms with van der Waals surface area (Å²) in [5.74, 6) is -0.870. The highest BCUT2D eigenvalue weighted by Crippen LogP contribution is 2.05. The number of alkyl carbamates (subject to hydrolysis) is 1. The lowest BCUT2D eigenvalue weighted by Gasteiger charge is -2.05. The molecule has 0 aliphatic carbocycles. The molecule has 1 heterocycles. The monoisotopic (exact) mass is 349 g/mol. The van der Waals surface area contributed by atoms with Crippen LogP contribution in [-0.2, 0) is 20.9 Å². The Morgan fingerprint density at radius 2 is 1.54 bits per heavy atom. The number of hydrogen-bond acceptors (Lipinski definition) is 7. The lowest BCUT2D eigenvalue weighted by atomic mass is 10.4. The van der Waals surface area contributed by atoms with Gasteiger partial charge in [-0.3, -0.25) is 4.79 Å². The molecule has 142 valence electrons. The van der Waals surface area contributed by atoms with Crippen LogP contribution in [0.2, 0.25) is 0 Å². The van der Waals surface area contributed by atoms with Gasteiger partial charge in [0.15, 0.2) is 18.1 Å². The van der Waals surface area contributed by atoms with Crippen molar-refractivity contribution >= 4 is 12.1 Å². The summed E-state index contributed by atoms with van der Waals surface area (Å²) in [6.45, 7) is 14.8. The van der Waals surface area contributed by atoms with Crippen LogP contribution in [0, 0.1) is 6.92 Å². The number of carbonyl (C=O) groups excluding carboxylic acids is 2. The van der Waals surface area contributed by atoms with E-state index in [2.05, 4.69) is 18.9 Å². The third-order valence-corrected chi connectivity index (χ3v) is 1.85. The third kappa shape index (κ3) is 14.7. The second-order valence-corrected chi connectivity index (χ2v) is 3.28. The predicted molar refractivity (Wildman–Crippen MR) is 90.8 cm³/mol. The lowest BCUT2D eigenvalue weighted by Crippen LogP contribution is -2.28. The van der Waals surface area contributed by atoms with Crippen LogP contribution in [0.25, 0.3) is 0 Å². The molecule has 1 aromatic rings. The van der Waals surface area contributed by atoms with Gasteiger partial charge in [0.1, 0.15) is 6.61 Å². The van der Waals surface area contributed by atoms with Gasteiger partial charge in [0.2, 0.25) is 0 Å². The van der Waals surface area contributed by atoms with Crippen LogP contribution in [0.4, 0.5) is 4.79 Å². The number of aryl methyl sites for hydroxylation is 1. The first-order valence-corrected chi connectivity index (χ1v) is 8.12. The Labute approximate surface area is 143 Å². The standard InChI is InChI=1S/C10H13NO7.3C2H6/c1-6-8(18-10(14)17-6)5-16-9(13)11-3-4-15-7(2)12;3*1-2/h3-5H2,1-2H3,(H,11,13);3*1-2H3. The first kappa shape index (κ1) is 26.6. The SMILES string of the molecule is CC.CC.CC.CC(=O)OCCNC(=O)OCc1oc(=O)oc1C. The normalized spacial score (nSPS) is 8.17. The molecule has 0 unspecified atom stereocenters. The van der Waals surface area contributed by atoms with Gasteiger partial charge in [0.25, 0.3) is 0 Å². The zero-order chi connectivity index (χ0) is 19.5. The van der Waals surface area contributed by atoms with Crippen molar-refractivity contribution < 1.29 is 27.9 Å². The molecule has 0 saturated carbocycles. The quantitative estimate of drug-likeness (QED) is 0.641. The molecule has 24 heavy (non-hydrogen) atoms. The number of ether oxygens (including phenoxy) is 2. The molecule has 8 nitrogen and oxygen atoms in total. The van der Waals surface area contributed by atoms with Crippen molar-refractivity contribution in [2.24, 2.45) is 0 Å². The molecule has 0 atom stereocenters. The second kappa shape index (κ2) is 18.8. The number of hydrogen-bond donors (Lipinski definition) is 1. The van der Waals surface area contributed by atoms with Gasteiger partial charge < -0.3 is 23.6 Å². The number of nitrogens with one attached hydrogen (secondary N) is 1. The van der Waals surface area contributed by atoms with Crippen LogP contribution in [0.1, 0.15) is 60.0 Å². The molecule has 1 aromatic heterocycles. The van der Waals surface area contributed by atoms with Gasteiger partial charge in [-0.25, -0.2) is 9.59 Å². The minimum absolute atomic E-state index is 0.0598. The Bertz CT molecular complexity index is 477. The number of amides is 1. The van der Waals surface area contributed by atoms with Gasteiger partial charge in [0.05, 0.1) is 6.54 Å². The van der Waals surface area contributed by atoms with Gasteiger partial charge in [-0.2, -0.15) is 0 Å². The van der Waals surface area contributed by atoms with E-state index in [1.807, 2.05) is 41.5 Å². The Hall–Kier alpha value is -2.25. The second-order valence-electron chi connectivity index (χ2n) is 3.28. The zero-order valence-corrected chi connectivity index (χ0v) is 16.0. The van der Waals surface area contributed by atoms with Gasteiger partial charge >= 0.3 is 17.9 Å². The maximum Gasteiger partial charge on any atom is 0.519 e. The third-order valence-electron chi connectivity index (χ3n) is 1.85. The van der Waals surface area contributed by atoms with E-state index in [9.17, 15) is 14.4 Å². The van der Waals surface area contributed by atoms with E-state index in [0.29, 0.717) is 0 Å². The van der Waals surface area contributed by atoms with Crippen molar-refractivity contribution in [2.45, 2.75) is 62.0 Å². The average Bonchev–Trinajstić information content (AvgIpc) is 2.92. The molecular weight excluding hydrogens is 318 g/mol. The molecular formula is C16H31NO7. The summed E-state index contributed by atoms with van der Waals surface area (Å²) < 4.78 is 18.5. The molecule has 0 saturated heterocycles. The van der Waals surface area contributed by atoms with Crippen LogP contribution in [0.3, 0.4) is 0 Å². The van der Waals surface area contributed by atoms with Crippen molar-refractivity contribution in [3.05, 3.63) is 22.1 Å². The summed E-state index contributed by atoms with van der Waals surface area (Å²) in [6, 6.07) is 0. The highest BCUT2D eigenvalue weighted by molar-refractivity contribution is 5.67. The minimum Gasteiger partial charge on any atom is -0.464 e. The first-order valence-electron chi connectivity index (χ1n) is 8.12. The van der Waals surface area contributed by atoms with Crippen molar-refractivity contribution in [1.82, 2.24) is 5.32 Å². The summed E-state index contributed by atoms with van der Waals surface area (Å²) >= 11 is 0. The van der Waals surface area contributed by atoms with Crippen LogP contribution in [0.5, 0.6) is 0 Å². The Balaban J connectivity index is -0.000000659. The van der Waals surface area contributed by atoms with E-state index >= 15 is 0 Å². The largest absolute Gasteiger partial charge is 0.519 e. The van der Waals surface area contributed by atoms with Crippen molar-refractivity contribution in [3.63, 3.8) is 0 Å². The van der Waals surface area contributed by atoms with Crippen molar-refractivity contribution in [1.29, 1.82) is 0 Å². The fourth-order valence-corrected chi connectivity index (χ4v) is 1.04. The van der Waals surface area contributed by atoms with E-state index in [-0.39, 0.29) is 31.3 Å². The smallest absolute Gasteiger partial charge is 0.464 e. The van der Waals surface area contributed by atoms with Crippen LogP contribution < -0.4 is 11.1 Å². The van der Waals surface area contributed by atoms with Crippen LogP contribution in [-0.4, -0.2) is 25.2 Å². The topological polar surface area (TPSA) is 108 Å². The predicted octanol–water partition coefficient (Wildman–Crippen LogP) is 3.41. The van der Waals surface area contributed by atoms with E-state index in [1.165, 1.54) is 13.8 Å². The molecule has 1 amide bonds. The highest BCUT2D eigenvalue weighted by Gasteiger charge is 2.11. The molecule has 0 aliphatic heterocycles. The first-order chi connectivity index (χ1) is 11.5. The van der Waals surface area contributed by atoms with Gasteiger partial charge in [0, 0.05) is 6.92 Å². The summed E-state index contributed by atoms with van der Waals surface area (Å²) in [5, 5.41) is 2.35. The molecule has 8 heteroatoms. The highest BCUT2D eigenvalue weighted by atomic mass is 16.6. The van der Waals surface area contributed by atoms with E-state index < -0.39 is 17.9 Å². The summed E-state index contributed by atoms with van der Waals surface area (Å²) in [4.78, 5) is 32.3. The van der Waals surface area contributed by atoms with E-state index in [0.717, 1.165) is 0 Å². The molecule has 0 aromatic carbocycles. The summed E-state index contributed by atoms with van der Waals surface area (Å²) in [5.41, 5.74) is 0. The fourth-order valence-electron chi connectivity index (χ4n) is 1.04. The Kier molecular flexibility index (Phi) is 20.9. The molecule has 0 spiro atoms. The number of esters is 1. The molecule has 0 bridgehead atoms. The maximum atomic E-state index is 11.2. The zero-order valence-electron chi connectivity index (χ0n) is 16.0. The molecule has 0 radical (unpaired) electrons. The van der Waals surface area contributed by atoms with Gasteiger partial charge in [-0.15, -0.1) is 0 Å².